The summed E-state index contributed by atoms with van der Waals surface area (Å²) >= 11 is 1.71. The summed E-state index contributed by atoms with van der Waals surface area (Å²) in [6.07, 6.45) is 10.1. The molecule has 3 fully saturated rings. The van der Waals surface area contributed by atoms with Crippen LogP contribution in [0.3, 0.4) is 0 Å². The molecular weight excluding hydrogens is 422 g/mol. The van der Waals surface area contributed by atoms with E-state index in [1.807, 2.05) is 35.2 Å². The van der Waals surface area contributed by atoms with Gasteiger partial charge >= 0.3 is 0 Å². The van der Waals surface area contributed by atoms with E-state index in [1.54, 1.807) is 30.2 Å². The van der Waals surface area contributed by atoms with Gasteiger partial charge in [0.25, 0.3) is 11.8 Å². The van der Waals surface area contributed by atoms with Crippen LogP contribution >= 0.6 is 11.8 Å². The molecule has 2 unspecified atom stereocenters. The molecule has 166 valence electrons. The largest absolute Gasteiger partial charge is 0.348 e. The molecule has 2 atom stereocenters. The maximum absolute atomic E-state index is 12.9. The smallest absolute Gasteiger partial charge is 0.257 e. The molecule has 2 aliphatic heterocycles. The van der Waals surface area contributed by atoms with Crippen LogP contribution < -0.4 is 10.2 Å². The highest BCUT2D eigenvalue weighted by atomic mass is 32.2. The van der Waals surface area contributed by atoms with Crippen LogP contribution in [0.25, 0.3) is 6.08 Å². The van der Waals surface area contributed by atoms with Crippen molar-refractivity contribution in [1.82, 2.24) is 20.2 Å². The van der Waals surface area contributed by atoms with E-state index in [-0.39, 0.29) is 11.8 Å². The first-order chi connectivity index (χ1) is 15.7. The number of hydrogen-bond acceptors (Lipinski definition) is 6. The van der Waals surface area contributed by atoms with E-state index in [1.165, 1.54) is 12.8 Å². The topological polar surface area (TPSA) is 78.4 Å². The van der Waals surface area contributed by atoms with Crippen molar-refractivity contribution in [3.8, 4) is 0 Å². The number of aromatic nitrogens is 2. The van der Waals surface area contributed by atoms with Crippen LogP contribution in [0.4, 0.5) is 5.95 Å². The molecule has 0 radical (unpaired) electrons. The Balaban J connectivity index is 1.21. The molecule has 0 bridgehead atoms. The second kappa shape index (κ2) is 9.32. The van der Waals surface area contributed by atoms with E-state index in [9.17, 15) is 9.59 Å². The fraction of sp³-hybridized carbons (Fsp3) is 0.417. The predicted octanol–water partition coefficient (Wildman–Crippen LogP) is 2.95. The first-order valence-corrected chi connectivity index (χ1v) is 12.2. The van der Waals surface area contributed by atoms with Crippen molar-refractivity contribution in [2.45, 2.75) is 37.0 Å². The van der Waals surface area contributed by atoms with Crippen molar-refractivity contribution in [1.29, 1.82) is 0 Å². The third-order valence-electron chi connectivity index (χ3n) is 6.38. The Bertz CT molecular complexity index is 1000. The molecule has 5 rings (SSSR count). The maximum atomic E-state index is 12.9. The van der Waals surface area contributed by atoms with Gasteiger partial charge in [0, 0.05) is 55.4 Å². The summed E-state index contributed by atoms with van der Waals surface area (Å²) in [6.45, 7) is 2.72. The summed E-state index contributed by atoms with van der Waals surface area (Å²) in [5.74, 6) is 0.771. The lowest BCUT2D eigenvalue weighted by molar-refractivity contribution is -0.117. The van der Waals surface area contributed by atoms with E-state index in [2.05, 4.69) is 20.2 Å². The summed E-state index contributed by atoms with van der Waals surface area (Å²) in [7, 11) is 0. The number of hydrogen-bond donors (Lipinski definition) is 1. The van der Waals surface area contributed by atoms with Crippen LogP contribution in [0.1, 0.15) is 41.6 Å². The zero-order valence-electron chi connectivity index (χ0n) is 17.9. The van der Waals surface area contributed by atoms with Crippen LogP contribution in [-0.4, -0.2) is 64.2 Å². The van der Waals surface area contributed by atoms with E-state index in [0.29, 0.717) is 49.0 Å². The molecule has 8 heteroatoms. The van der Waals surface area contributed by atoms with Gasteiger partial charge in [-0.3, -0.25) is 9.59 Å². The predicted molar refractivity (Wildman–Crippen MR) is 126 cm³/mol. The zero-order chi connectivity index (χ0) is 21.9. The second-order valence-electron chi connectivity index (χ2n) is 8.48. The van der Waals surface area contributed by atoms with Gasteiger partial charge in [-0.25, -0.2) is 9.97 Å². The molecule has 1 N–H and O–H groups in total. The Morgan fingerprint density at radius 2 is 1.75 bits per heavy atom. The van der Waals surface area contributed by atoms with Crippen molar-refractivity contribution in [2.75, 3.05) is 31.1 Å². The number of benzene rings is 1. The average Bonchev–Trinajstić information content (AvgIpc) is 2.85. The average molecular weight is 450 g/mol. The molecule has 3 aliphatic rings. The molecule has 1 aromatic heterocycles. The van der Waals surface area contributed by atoms with Gasteiger partial charge in [0.15, 0.2) is 0 Å². The lowest BCUT2D eigenvalue weighted by Gasteiger charge is -2.36. The summed E-state index contributed by atoms with van der Waals surface area (Å²) < 4.78 is 0. The van der Waals surface area contributed by atoms with Crippen LogP contribution in [0.2, 0.25) is 0 Å². The van der Waals surface area contributed by atoms with E-state index >= 15 is 0 Å². The van der Waals surface area contributed by atoms with E-state index in [0.717, 1.165) is 23.3 Å². The molecule has 32 heavy (non-hydrogen) atoms. The third-order valence-corrected chi connectivity index (χ3v) is 7.80. The standard InChI is InChI=1S/C24H27N5O2S/c30-22-21(32-20-5-2-1-4-19(20)27-22)16-17-6-8-18(9-7-17)23(31)28-12-14-29(15-13-28)24-25-10-3-11-26-24/h3,6-11,16,19-20H,1-2,4-5,12-15H2,(H,27,30)/b21-16+. The molecule has 2 amide bonds. The number of nitrogens with one attached hydrogen (secondary N) is 1. The molecule has 2 aromatic rings. The fourth-order valence-electron chi connectivity index (χ4n) is 4.58. The highest BCUT2D eigenvalue weighted by molar-refractivity contribution is 8.04. The number of amides is 2. The number of piperazine rings is 1. The van der Waals surface area contributed by atoms with E-state index < -0.39 is 0 Å². The minimum Gasteiger partial charge on any atom is -0.348 e. The number of carbonyl (C=O) groups excluding carboxylic acids is 2. The van der Waals surface area contributed by atoms with Crippen LogP contribution in [0.15, 0.2) is 47.6 Å². The molecular formula is C24H27N5O2S. The molecule has 1 aliphatic carbocycles. The SMILES string of the molecule is O=C1NC2CCCCC2S/C1=C/c1ccc(C(=O)N2CCN(c3ncccn3)CC2)cc1. The van der Waals surface area contributed by atoms with Crippen LogP contribution in [-0.2, 0) is 4.79 Å². The van der Waals surface area contributed by atoms with Crippen molar-refractivity contribution < 1.29 is 9.59 Å². The monoisotopic (exact) mass is 449 g/mol. The van der Waals surface area contributed by atoms with Gasteiger partial charge in [0.05, 0.1) is 4.91 Å². The number of fused-ring (bicyclic) bond motifs is 1. The number of nitrogens with zero attached hydrogens (tertiary/aromatic N) is 4. The Morgan fingerprint density at radius 3 is 2.50 bits per heavy atom. The zero-order valence-corrected chi connectivity index (χ0v) is 18.8. The van der Waals surface area contributed by atoms with Crippen LogP contribution in [0.5, 0.6) is 0 Å². The van der Waals surface area contributed by atoms with Crippen molar-refractivity contribution in [3.63, 3.8) is 0 Å². The summed E-state index contributed by atoms with van der Waals surface area (Å²) in [6, 6.07) is 9.68. The number of thioether (sulfide) groups is 1. The first-order valence-electron chi connectivity index (χ1n) is 11.3. The molecule has 1 aromatic carbocycles. The summed E-state index contributed by atoms with van der Waals surface area (Å²) in [5, 5.41) is 3.65. The fourth-order valence-corrected chi connectivity index (χ4v) is 5.93. The van der Waals surface area contributed by atoms with Crippen molar-refractivity contribution in [2.24, 2.45) is 0 Å². The lowest BCUT2D eigenvalue weighted by Crippen LogP contribution is -2.49. The second-order valence-corrected chi connectivity index (χ2v) is 9.76. The highest BCUT2D eigenvalue weighted by Gasteiger charge is 2.34. The van der Waals surface area contributed by atoms with Gasteiger partial charge in [-0.1, -0.05) is 25.0 Å². The van der Waals surface area contributed by atoms with Crippen molar-refractivity contribution >= 4 is 35.6 Å². The molecule has 1 saturated carbocycles. The van der Waals surface area contributed by atoms with Gasteiger partial charge in [-0.15, -0.1) is 11.8 Å². The summed E-state index contributed by atoms with van der Waals surface area (Å²) in [5.41, 5.74) is 1.61. The third kappa shape index (κ3) is 4.50. The van der Waals surface area contributed by atoms with Gasteiger partial charge < -0.3 is 15.1 Å². The first kappa shape index (κ1) is 21.0. The minimum atomic E-state index is 0.0265. The van der Waals surface area contributed by atoms with E-state index in [4.69, 9.17) is 0 Å². The molecule has 3 heterocycles. The molecule has 0 spiro atoms. The quantitative estimate of drug-likeness (QED) is 0.726. The van der Waals surface area contributed by atoms with Gasteiger partial charge in [-0.2, -0.15) is 0 Å². The molecule has 2 saturated heterocycles. The Kier molecular flexibility index (Phi) is 6.12. The van der Waals surface area contributed by atoms with Gasteiger partial charge in [0.2, 0.25) is 5.95 Å². The Morgan fingerprint density at radius 1 is 1.03 bits per heavy atom. The van der Waals surface area contributed by atoms with Crippen molar-refractivity contribution in [3.05, 3.63) is 58.8 Å². The number of anilines is 1. The molecule has 7 nitrogen and oxygen atoms in total. The maximum Gasteiger partial charge on any atom is 0.257 e. The minimum absolute atomic E-state index is 0.0265. The number of carbonyl (C=O) groups is 2. The lowest BCUT2D eigenvalue weighted by atomic mass is 9.94. The van der Waals surface area contributed by atoms with Gasteiger partial charge in [-0.05, 0) is 42.7 Å². The number of rotatable bonds is 3. The Hall–Kier alpha value is -2.87. The normalized spacial score (nSPS) is 24.8. The summed E-state index contributed by atoms with van der Waals surface area (Å²) in [4.78, 5) is 38.8. The van der Waals surface area contributed by atoms with Gasteiger partial charge in [0.1, 0.15) is 0 Å². The highest BCUT2D eigenvalue weighted by Crippen LogP contribution is 2.37. The van der Waals surface area contributed by atoms with Crippen LogP contribution in [0, 0.1) is 0 Å². The Labute approximate surface area is 192 Å².